The smallest absolute Gasteiger partial charge is 0.0267 e. The number of hydrogen-bond donors (Lipinski definition) is 0. The minimum absolute atomic E-state index is 0. The first kappa shape index (κ1) is 6.32. The van der Waals surface area contributed by atoms with Gasteiger partial charge in [0.05, 0.1) is 0 Å². The summed E-state index contributed by atoms with van der Waals surface area (Å²) in [6.45, 7) is 0. The van der Waals surface area contributed by atoms with E-state index >= 15 is 0 Å². The Morgan fingerprint density at radius 3 is 1.57 bits per heavy atom. The van der Waals surface area contributed by atoms with Gasteiger partial charge < -0.3 is 0 Å². The molecule has 1 heterocycles. The third-order valence-electron chi connectivity index (χ3n) is 0.566. The zero-order chi connectivity index (χ0) is 4.24. The fraction of sp³-hybridized carbons (Fsp3) is 0. The van der Waals surface area contributed by atoms with Gasteiger partial charge in [0.25, 0.3) is 0 Å². The molecule has 0 unspecified atom stereocenters. The van der Waals surface area contributed by atoms with Gasteiger partial charge in [-0.3, -0.25) is 4.98 Å². The van der Waals surface area contributed by atoms with Crippen molar-refractivity contribution >= 4 is 10.1 Å². The van der Waals surface area contributed by atoms with Crippen molar-refractivity contribution in [2.45, 2.75) is 0 Å². The van der Waals surface area contributed by atoms with Crippen LogP contribution in [-0.2, 0) is 0 Å². The van der Waals surface area contributed by atoms with Crippen LogP contribution < -0.4 is 0 Å². The maximum Gasteiger partial charge on any atom is 0.0267 e. The van der Waals surface area contributed by atoms with Crippen LogP contribution in [0.3, 0.4) is 0 Å². The van der Waals surface area contributed by atoms with Gasteiger partial charge in [0.2, 0.25) is 0 Å². The van der Waals surface area contributed by atoms with E-state index in [0.717, 1.165) is 0 Å². The molecule has 1 aromatic rings. The number of nitrogens with zero attached hydrogens (tertiary/aromatic N) is 1. The molecule has 1 nitrogen and oxygen atoms in total. The van der Waals surface area contributed by atoms with Crippen LogP contribution in [0.25, 0.3) is 0 Å². The first-order chi connectivity index (χ1) is 3.00. The van der Waals surface area contributed by atoms with Crippen molar-refractivity contribution in [3.63, 3.8) is 0 Å². The zero-order valence-electron chi connectivity index (χ0n) is 3.33. The molecule has 0 aliphatic carbocycles. The van der Waals surface area contributed by atoms with Crippen LogP contribution in [0.1, 0.15) is 0 Å². The predicted molar refractivity (Wildman–Crippen MR) is 32.8 cm³/mol. The first-order valence-corrected chi connectivity index (χ1v) is 1.85. The Morgan fingerprint density at radius 1 is 0.857 bits per heavy atom. The van der Waals surface area contributed by atoms with Crippen molar-refractivity contribution in [3.8, 4) is 0 Å². The van der Waals surface area contributed by atoms with E-state index in [9.17, 15) is 0 Å². The summed E-state index contributed by atoms with van der Waals surface area (Å²) in [7, 11) is 0. The van der Waals surface area contributed by atoms with E-state index in [1.165, 1.54) is 0 Å². The molecular formula is C5H7BeN. The summed E-state index contributed by atoms with van der Waals surface area (Å²) < 4.78 is 0. The minimum Gasteiger partial charge on any atom is -0.265 e. The molecule has 2 heteroatoms. The van der Waals surface area contributed by atoms with Crippen LogP contribution in [0.2, 0.25) is 0 Å². The van der Waals surface area contributed by atoms with Gasteiger partial charge in [-0.25, -0.2) is 0 Å². The van der Waals surface area contributed by atoms with E-state index in [1.807, 2.05) is 18.2 Å². The van der Waals surface area contributed by atoms with E-state index < -0.39 is 0 Å². The summed E-state index contributed by atoms with van der Waals surface area (Å²) in [5.41, 5.74) is 0. The maximum absolute atomic E-state index is 3.78. The van der Waals surface area contributed by atoms with Crippen molar-refractivity contribution in [3.05, 3.63) is 30.6 Å². The molecule has 0 radical (unpaired) electrons. The molecule has 7 heavy (non-hydrogen) atoms. The van der Waals surface area contributed by atoms with Crippen molar-refractivity contribution < 1.29 is 0 Å². The Balaban J connectivity index is 0.000000360. The maximum atomic E-state index is 3.78. The summed E-state index contributed by atoms with van der Waals surface area (Å²) in [5.74, 6) is 0. The van der Waals surface area contributed by atoms with Crippen LogP contribution in [0.15, 0.2) is 30.6 Å². The Bertz CT molecular complexity index is 80.0. The number of aromatic nitrogens is 1. The standard InChI is InChI=1S/C5H5N.Be.2H/c1-2-4-6-5-3-1;;;/h1-5H;;;. The molecule has 0 atom stereocenters. The van der Waals surface area contributed by atoms with E-state index in [1.54, 1.807) is 12.4 Å². The first-order valence-electron chi connectivity index (χ1n) is 1.85. The van der Waals surface area contributed by atoms with Crippen molar-refractivity contribution in [2.75, 3.05) is 0 Å². The molecule has 0 fully saturated rings. The molecule has 1 aromatic heterocycles. The SMILES string of the molecule is [BeH2].c1ccncc1. The van der Waals surface area contributed by atoms with Gasteiger partial charge in [-0.1, -0.05) is 6.07 Å². The zero-order valence-corrected chi connectivity index (χ0v) is 3.33. The molecular weight excluding hydrogens is 83.1 g/mol. The molecule has 34 valence electrons. The third kappa shape index (κ3) is 2.07. The van der Waals surface area contributed by atoms with Gasteiger partial charge in [0.15, 0.2) is 0 Å². The third-order valence-corrected chi connectivity index (χ3v) is 0.566. The molecule has 0 bridgehead atoms. The average Bonchev–Trinajstić information content (AvgIpc) is 1.72. The van der Waals surface area contributed by atoms with Crippen molar-refractivity contribution in [1.29, 1.82) is 0 Å². The Kier molecular flexibility index (Phi) is 3.17. The summed E-state index contributed by atoms with van der Waals surface area (Å²) in [4.78, 5) is 3.78. The van der Waals surface area contributed by atoms with Gasteiger partial charge in [0, 0.05) is 12.4 Å². The van der Waals surface area contributed by atoms with Gasteiger partial charge in [-0.15, -0.1) is 0 Å². The molecule has 0 aliphatic heterocycles. The summed E-state index contributed by atoms with van der Waals surface area (Å²) in [6, 6.07) is 5.72. The monoisotopic (exact) mass is 90.1 g/mol. The fourth-order valence-corrected chi connectivity index (χ4v) is 0.313. The van der Waals surface area contributed by atoms with Crippen LogP contribution in [0.5, 0.6) is 0 Å². The summed E-state index contributed by atoms with van der Waals surface area (Å²) in [6.07, 6.45) is 3.50. The van der Waals surface area contributed by atoms with E-state index in [2.05, 4.69) is 4.98 Å². The molecule has 0 spiro atoms. The number of pyridine rings is 1. The van der Waals surface area contributed by atoms with Gasteiger partial charge in [0.1, 0.15) is 0 Å². The Morgan fingerprint density at radius 2 is 1.43 bits per heavy atom. The molecule has 0 N–H and O–H groups in total. The summed E-state index contributed by atoms with van der Waals surface area (Å²) in [5, 5.41) is 0. The number of hydrogen-bond acceptors (Lipinski definition) is 1. The largest absolute Gasteiger partial charge is 0.265 e. The Hall–Kier alpha value is -0.681. The van der Waals surface area contributed by atoms with E-state index in [0.29, 0.717) is 0 Å². The second-order valence-electron chi connectivity index (χ2n) is 1.02. The quantitative estimate of drug-likeness (QED) is 0.414. The van der Waals surface area contributed by atoms with Crippen LogP contribution in [-0.4, -0.2) is 15.1 Å². The van der Waals surface area contributed by atoms with Crippen LogP contribution in [0, 0.1) is 0 Å². The molecule has 0 amide bonds. The fourth-order valence-electron chi connectivity index (χ4n) is 0.313. The van der Waals surface area contributed by atoms with E-state index in [-0.39, 0.29) is 10.1 Å². The predicted octanol–water partition coefficient (Wildman–Crippen LogP) is 0.165. The second kappa shape index (κ2) is 3.51. The van der Waals surface area contributed by atoms with Crippen molar-refractivity contribution in [2.24, 2.45) is 0 Å². The van der Waals surface area contributed by atoms with E-state index in [4.69, 9.17) is 0 Å². The second-order valence-corrected chi connectivity index (χ2v) is 1.02. The van der Waals surface area contributed by atoms with Crippen LogP contribution in [0.4, 0.5) is 0 Å². The van der Waals surface area contributed by atoms with Gasteiger partial charge >= 0.3 is 10.1 Å². The topological polar surface area (TPSA) is 12.9 Å². The van der Waals surface area contributed by atoms with Crippen LogP contribution >= 0.6 is 0 Å². The minimum atomic E-state index is 0. The molecule has 1 rings (SSSR count). The average molecular weight is 90.1 g/mol. The molecule has 0 saturated heterocycles. The van der Waals surface area contributed by atoms with Crippen molar-refractivity contribution in [1.82, 2.24) is 4.98 Å². The molecule has 0 saturated carbocycles. The normalized spacial score (nSPS) is 6.86. The van der Waals surface area contributed by atoms with Gasteiger partial charge in [-0.05, 0) is 12.1 Å². The van der Waals surface area contributed by atoms with Gasteiger partial charge in [-0.2, -0.15) is 0 Å². The molecule has 0 aliphatic rings. The molecule has 0 aromatic carbocycles. The Labute approximate surface area is 46.6 Å². The summed E-state index contributed by atoms with van der Waals surface area (Å²) >= 11 is 0. The number of rotatable bonds is 0.